The van der Waals surface area contributed by atoms with Gasteiger partial charge in [-0.05, 0) is 56.9 Å². The Balaban J connectivity index is 1.51. The predicted molar refractivity (Wildman–Crippen MR) is 155 cm³/mol. The van der Waals surface area contributed by atoms with Gasteiger partial charge in [-0.1, -0.05) is 35.6 Å². The Kier molecular flexibility index (Phi) is 8.40. The molecule has 2 aromatic rings. The van der Waals surface area contributed by atoms with E-state index in [-0.39, 0.29) is 11.6 Å². The summed E-state index contributed by atoms with van der Waals surface area (Å²) >= 11 is 2.59. The van der Waals surface area contributed by atoms with Crippen LogP contribution in [-0.2, 0) is 13.0 Å². The highest BCUT2D eigenvalue weighted by Crippen LogP contribution is 2.47. The first-order chi connectivity index (χ1) is 17.6. The number of phenolic OH excluding ortho intramolecular Hbond substituents is 1. The van der Waals surface area contributed by atoms with Crippen LogP contribution in [0.5, 0.6) is 28.7 Å². The van der Waals surface area contributed by atoms with E-state index in [2.05, 4.69) is 59.2 Å². The summed E-state index contributed by atoms with van der Waals surface area (Å²) in [5.74, 6) is 3.41. The lowest BCUT2D eigenvalue weighted by atomic mass is 9.86. The van der Waals surface area contributed by atoms with Gasteiger partial charge in [0.2, 0.25) is 5.75 Å². The van der Waals surface area contributed by atoms with Crippen molar-refractivity contribution in [2.75, 3.05) is 41.0 Å². The molecule has 0 aliphatic carbocycles. The van der Waals surface area contributed by atoms with Gasteiger partial charge < -0.3 is 24.1 Å². The van der Waals surface area contributed by atoms with Gasteiger partial charge in [-0.2, -0.15) is 0 Å². The van der Waals surface area contributed by atoms with Crippen molar-refractivity contribution in [3.63, 3.8) is 0 Å². The number of hydrogen-bond donors (Lipinski definition) is 1. The molecule has 2 heterocycles. The standard InChI is InChI=1S/C29H41IN2O5/c1-9-23(29(5)14-21-19(4)25(33)17(2)18(3)26(21)37-29)32-13-12-31(16-24(32)30)15-20-10-11-22(34-6)28(36-8)27(20)35-7/h10-11,23-24,33H,9,12-16H2,1-8H3. The van der Waals surface area contributed by atoms with Crippen molar-refractivity contribution in [1.29, 1.82) is 0 Å². The van der Waals surface area contributed by atoms with E-state index in [1.54, 1.807) is 21.3 Å². The number of methoxy groups -OCH3 is 3. The van der Waals surface area contributed by atoms with Gasteiger partial charge in [0.1, 0.15) is 17.1 Å². The van der Waals surface area contributed by atoms with Gasteiger partial charge in [0, 0.05) is 43.7 Å². The van der Waals surface area contributed by atoms with Crippen molar-refractivity contribution in [2.45, 2.75) is 69.7 Å². The van der Waals surface area contributed by atoms with Crippen LogP contribution in [0.1, 0.15) is 48.1 Å². The second-order valence-corrected chi connectivity index (χ2v) is 11.9. The molecule has 0 amide bonds. The first-order valence-corrected chi connectivity index (χ1v) is 14.2. The lowest BCUT2D eigenvalue weighted by Crippen LogP contribution is -2.61. The molecule has 0 spiro atoms. The molecule has 2 aliphatic rings. The first kappa shape index (κ1) is 28.1. The van der Waals surface area contributed by atoms with E-state index in [0.717, 1.165) is 78.3 Å². The average molecular weight is 625 g/mol. The lowest BCUT2D eigenvalue weighted by molar-refractivity contribution is -0.0250. The molecule has 1 saturated heterocycles. The van der Waals surface area contributed by atoms with Gasteiger partial charge in [-0.25, -0.2) is 0 Å². The number of ether oxygens (including phenoxy) is 4. The van der Waals surface area contributed by atoms with Crippen LogP contribution in [0.25, 0.3) is 0 Å². The van der Waals surface area contributed by atoms with Crippen LogP contribution in [-0.4, -0.2) is 71.6 Å². The Hall–Kier alpha value is -1.91. The summed E-state index contributed by atoms with van der Waals surface area (Å²) in [4.78, 5) is 5.10. The van der Waals surface area contributed by atoms with Gasteiger partial charge in [0.05, 0.1) is 31.4 Å². The SMILES string of the molecule is CCC(N1CCN(Cc2ccc(OC)c(OC)c2OC)CC1I)C1(C)Cc2c(C)c(O)c(C)c(C)c2O1. The number of aromatic hydroxyl groups is 1. The van der Waals surface area contributed by atoms with Crippen LogP contribution in [0.15, 0.2) is 12.1 Å². The second-order valence-electron chi connectivity index (χ2n) is 10.4. The summed E-state index contributed by atoms with van der Waals surface area (Å²) in [7, 11) is 4.96. The van der Waals surface area contributed by atoms with Gasteiger partial charge in [0.25, 0.3) is 0 Å². The summed E-state index contributed by atoms with van der Waals surface area (Å²) in [6, 6.07) is 4.28. The zero-order chi connectivity index (χ0) is 27.1. The highest BCUT2D eigenvalue weighted by molar-refractivity contribution is 14.1. The first-order valence-electron chi connectivity index (χ1n) is 13.0. The van der Waals surface area contributed by atoms with Crippen LogP contribution in [0.3, 0.4) is 0 Å². The van der Waals surface area contributed by atoms with Gasteiger partial charge in [-0.15, -0.1) is 0 Å². The molecule has 8 heteroatoms. The lowest BCUT2D eigenvalue weighted by Gasteiger charge is -2.47. The molecule has 1 N–H and O–H groups in total. The molecule has 7 nitrogen and oxygen atoms in total. The van der Waals surface area contributed by atoms with Crippen molar-refractivity contribution in [1.82, 2.24) is 9.80 Å². The minimum atomic E-state index is -0.342. The minimum Gasteiger partial charge on any atom is -0.507 e. The largest absolute Gasteiger partial charge is 0.507 e. The summed E-state index contributed by atoms with van der Waals surface area (Å²) < 4.78 is 23.9. The van der Waals surface area contributed by atoms with E-state index in [0.29, 0.717) is 21.3 Å². The molecule has 0 bridgehead atoms. The maximum absolute atomic E-state index is 10.7. The van der Waals surface area contributed by atoms with Crippen molar-refractivity contribution < 1.29 is 24.1 Å². The van der Waals surface area contributed by atoms with Crippen LogP contribution >= 0.6 is 22.6 Å². The van der Waals surface area contributed by atoms with Crippen molar-refractivity contribution >= 4 is 22.6 Å². The molecule has 3 unspecified atom stereocenters. The van der Waals surface area contributed by atoms with E-state index in [1.807, 2.05) is 19.9 Å². The smallest absolute Gasteiger partial charge is 0.203 e. The number of benzene rings is 2. The van der Waals surface area contributed by atoms with Crippen LogP contribution in [0, 0.1) is 20.8 Å². The number of rotatable bonds is 8. The van der Waals surface area contributed by atoms with E-state index >= 15 is 0 Å². The number of phenols is 1. The van der Waals surface area contributed by atoms with E-state index in [1.165, 1.54) is 0 Å². The number of alkyl halides is 1. The fraction of sp³-hybridized carbons (Fsp3) is 0.586. The maximum atomic E-state index is 10.7. The number of fused-ring (bicyclic) bond motifs is 1. The van der Waals surface area contributed by atoms with Gasteiger partial charge in [-0.3, -0.25) is 9.80 Å². The van der Waals surface area contributed by atoms with E-state index < -0.39 is 0 Å². The topological polar surface area (TPSA) is 63.6 Å². The highest BCUT2D eigenvalue weighted by atomic mass is 127. The van der Waals surface area contributed by atoms with Gasteiger partial charge >= 0.3 is 0 Å². The number of hydrogen-bond acceptors (Lipinski definition) is 7. The highest BCUT2D eigenvalue weighted by Gasteiger charge is 2.47. The van der Waals surface area contributed by atoms with Gasteiger partial charge in [0.15, 0.2) is 11.5 Å². The van der Waals surface area contributed by atoms with Crippen LogP contribution in [0.2, 0.25) is 0 Å². The normalized spacial score (nSPS) is 22.9. The van der Waals surface area contributed by atoms with Crippen LogP contribution in [0.4, 0.5) is 0 Å². The van der Waals surface area contributed by atoms with Crippen LogP contribution < -0.4 is 18.9 Å². The molecule has 204 valence electrons. The fourth-order valence-corrected chi connectivity index (χ4v) is 7.40. The Labute approximate surface area is 235 Å². The van der Waals surface area contributed by atoms with Crippen molar-refractivity contribution in [3.05, 3.63) is 39.9 Å². The summed E-state index contributed by atoms with van der Waals surface area (Å²) in [6.45, 7) is 14.2. The zero-order valence-electron chi connectivity index (χ0n) is 23.4. The molecule has 37 heavy (non-hydrogen) atoms. The number of piperazine rings is 1. The molecule has 0 saturated carbocycles. The Morgan fingerprint density at radius 3 is 2.35 bits per heavy atom. The summed E-state index contributed by atoms with van der Waals surface area (Å²) in [5, 5.41) is 10.7. The molecular weight excluding hydrogens is 583 g/mol. The predicted octanol–water partition coefficient (Wildman–Crippen LogP) is 5.39. The third kappa shape index (κ3) is 4.96. The quantitative estimate of drug-likeness (QED) is 0.240. The van der Waals surface area contributed by atoms with Crippen molar-refractivity contribution in [3.8, 4) is 28.7 Å². The van der Waals surface area contributed by atoms with Crippen molar-refractivity contribution in [2.24, 2.45) is 0 Å². The number of halogens is 1. The third-order valence-electron chi connectivity index (χ3n) is 8.32. The summed E-state index contributed by atoms with van der Waals surface area (Å²) in [6.07, 6.45) is 1.81. The third-order valence-corrected chi connectivity index (χ3v) is 9.43. The Morgan fingerprint density at radius 1 is 1.05 bits per heavy atom. The molecule has 3 atom stereocenters. The minimum absolute atomic E-state index is 0.265. The molecule has 4 rings (SSSR count). The molecule has 2 aromatic carbocycles. The van der Waals surface area contributed by atoms with E-state index in [4.69, 9.17) is 18.9 Å². The monoisotopic (exact) mass is 624 g/mol. The Morgan fingerprint density at radius 2 is 1.76 bits per heavy atom. The van der Waals surface area contributed by atoms with E-state index in [9.17, 15) is 5.11 Å². The second kappa shape index (κ2) is 11.1. The maximum Gasteiger partial charge on any atom is 0.203 e. The summed E-state index contributed by atoms with van der Waals surface area (Å²) in [5.41, 5.74) is 4.83. The zero-order valence-corrected chi connectivity index (χ0v) is 25.6. The molecular formula is C29H41IN2O5. The molecule has 1 fully saturated rings. The number of nitrogens with zero attached hydrogens (tertiary/aromatic N) is 2. The molecule has 0 aromatic heterocycles. The fourth-order valence-electron chi connectivity index (χ4n) is 6.17. The Bertz CT molecular complexity index is 1120. The average Bonchev–Trinajstić information content (AvgIpc) is 3.25. The molecule has 0 radical (unpaired) electrons. The molecule has 2 aliphatic heterocycles.